The number of benzene rings is 2. The van der Waals surface area contributed by atoms with E-state index in [1.807, 2.05) is 0 Å². The van der Waals surface area contributed by atoms with Gasteiger partial charge in [-0.15, -0.1) is 0 Å². The molecule has 0 radical (unpaired) electrons. The molecule has 0 fully saturated rings. The summed E-state index contributed by atoms with van der Waals surface area (Å²) in [7, 11) is 0. The van der Waals surface area contributed by atoms with Crippen molar-refractivity contribution in [1.82, 2.24) is 0 Å². The number of carboxylic acid groups (broad SMARTS) is 2. The first-order valence-electron chi connectivity index (χ1n) is 8.06. The van der Waals surface area contributed by atoms with Crippen LogP contribution in [0.25, 0.3) is 10.8 Å². The summed E-state index contributed by atoms with van der Waals surface area (Å²) in [5.41, 5.74) is 0.296. The van der Waals surface area contributed by atoms with Crippen molar-refractivity contribution in [3.63, 3.8) is 0 Å². The number of hydrogen-bond donors (Lipinski definition) is 5. The van der Waals surface area contributed by atoms with E-state index in [-0.39, 0.29) is 42.8 Å². The van der Waals surface area contributed by atoms with Crippen molar-refractivity contribution < 1.29 is 34.5 Å². The Labute approximate surface area is 153 Å². The summed E-state index contributed by atoms with van der Waals surface area (Å²) in [5.74, 6) is -3.59. The van der Waals surface area contributed by atoms with Crippen LogP contribution in [0.3, 0.4) is 0 Å². The predicted molar refractivity (Wildman–Crippen MR) is 96.6 cm³/mol. The van der Waals surface area contributed by atoms with Crippen LogP contribution in [-0.2, 0) is 19.2 Å². The summed E-state index contributed by atoms with van der Waals surface area (Å²) in [6.07, 6.45) is -1.20. The van der Waals surface area contributed by atoms with E-state index in [0.29, 0.717) is 10.8 Å². The third-order valence-electron chi connectivity index (χ3n) is 3.70. The Morgan fingerprint density at radius 2 is 1.22 bits per heavy atom. The Kier molecular flexibility index (Phi) is 6.32. The molecule has 0 aliphatic rings. The number of rotatable bonds is 8. The number of carbonyl (C=O) groups is 4. The molecule has 0 unspecified atom stereocenters. The molecule has 0 aliphatic carbocycles. The highest BCUT2D eigenvalue weighted by Crippen LogP contribution is 2.38. The second-order valence-corrected chi connectivity index (χ2v) is 5.75. The number of nitrogens with one attached hydrogen (secondary N) is 2. The van der Waals surface area contributed by atoms with E-state index in [4.69, 9.17) is 10.2 Å². The van der Waals surface area contributed by atoms with E-state index in [2.05, 4.69) is 10.6 Å². The van der Waals surface area contributed by atoms with Crippen LogP contribution in [0.1, 0.15) is 25.7 Å². The van der Waals surface area contributed by atoms with Crippen molar-refractivity contribution in [2.24, 2.45) is 0 Å². The smallest absolute Gasteiger partial charge is 0.303 e. The van der Waals surface area contributed by atoms with Gasteiger partial charge in [-0.05, 0) is 6.07 Å². The standard InChI is InChI=1S/C18H18N2O7/c21-14(5-7-16(23)24)19-12-9-13(20-15(22)6-8-17(25)26)18(27)11-4-2-1-3-10(11)12/h1-4,9,27H,5-8H2,(H,19,21)(H,20,22)(H,23,24)(H,25,26). The van der Waals surface area contributed by atoms with Crippen LogP contribution in [0.15, 0.2) is 30.3 Å². The predicted octanol–water partition coefficient (Wildman–Crippen LogP) is 2.15. The topological polar surface area (TPSA) is 153 Å². The van der Waals surface area contributed by atoms with Crippen LogP contribution in [0, 0.1) is 0 Å². The van der Waals surface area contributed by atoms with Crippen LogP contribution in [-0.4, -0.2) is 39.1 Å². The molecule has 9 nitrogen and oxygen atoms in total. The minimum absolute atomic E-state index is 0.0117. The molecule has 2 aromatic carbocycles. The highest BCUT2D eigenvalue weighted by atomic mass is 16.4. The summed E-state index contributed by atoms with van der Waals surface area (Å²) in [4.78, 5) is 45.0. The summed E-state index contributed by atoms with van der Waals surface area (Å²) < 4.78 is 0. The number of carboxylic acids is 2. The second-order valence-electron chi connectivity index (χ2n) is 5.75. The summed E-state index contributed by atoms with van der Waals surface area (Å²) in [5, 5.41) is 33.6. The molecule has 0 spiro atoms. The number of aromatic hydroxyl groups is 1. The minimum atomic E-state index is -1.13. The van der Waals surface area contributed by atoms with Gasteiger partial charge in [0.1, 0.15) is 5.75 Å². The number of phenols is 1. The van der Waals surface area contributed by atoms with Gasteiger partial charge in [-0.2, -0.15) is 0 Å². The first kappa shape index (κ1) is 19.7. The fraction of sp³-hybridized carbons (Fsp3) is 0.222. The fourth-order valence-electron chi connectivity index (χ4n) is 2.43. The minimum Gasteiger partial charge on any atom is -0.505 e. The zero-order valence-electron chi connectivity index (χ0n) is 14.2. The Balaban J connectivity index is 2.31. The monoisotopic (exact) mass is 374 g/mol. The molecule has 0 heterocycles. The van der Waals surface area contributed by atoms with Crippen molar-refractivity contribution in [3.8, 4) is 5.75 Å². The van der Waals surface area contributed by atoms with Crippen molar-refractivity contribution in [3.05, 3.63) is 30.3 Å². The van der Waals surface area contributed by atoms with Crippen LogP contribution in [0.4, 0.5) is 11.4 Å². The van der Waals surface area contributed by atoms with Crippen LogP contribution < -0.4 is 10.6 Å². The zero-order valence-corrected chi connectivity index (χ0v) is 14.2. The van der Waals surface area contributed by atoms with E-state index in [0.717, 1.165) is 0 Å². The highest BCUT2D eigenvalue weighted by Gasteiger charge is 2.16. The van der Waals surface area contributed by atoms with Gasteiger partial charge in [-0.3, -0.25) is 19.2 Å². The molecule has 9 heteroatoms. The van der Waals surface area contributed by atoms with Gasteiger partial charge in [0, 0.05) is 23.6 Å². The molecule has 2 aromatic rings. The van der Waals surface area contributed by atoms with Gasteiger partial charge in [0.05, 0.1) is 24.2 Å². The highest BCUT2D eigenvalue weighted by molar-refractivity contribution is 6.09. The number of hydrogen-bond acceptors (Lipinski definition) is 5. The van der Waals surface area contributed by atoms with Crippen LogP contribution in [0.2, 0.25) is 0 Å². The van der Waals surface area contributed by atoms with Crippen LogP contribution >= 0.6 is 0 Å². The van der Waals surface area contributed by atoms with Gasteiger partial charge in [0.15, 0.2) is 0 Å². The van der Waals surface area contributed by atoms with Crippen LogP contribution in [0.5, 0.6) is 5.75 Å². The van der Waals surface area contributed by atoms with Crippen molar-refractivity contribution in [1.29, 1.82) is 0 Å². The van der Waals surface area contributed by atoms with Gasteiger partial charge in [-0.25, -0.2) is 0 Å². The average Bonchev–Trinajstić information content (AvgIpc) is 2.62. The molecule has 0 atom stereocenters. The number of anilines is 2. The summed E-state index contributed by atoms with van der Waals surface area (Å²) in [6.45, 7) is 0. The Morgan fingerprint density at radius 1 is 0.741 bits per heavy atom. The molecule has 0 aliphatic heterocycles. The third kappa shape index (κ3) is 5.43. The second kappa shape index (κ2) is 8.65. The first-order valence-corrected chi connectivity index (χ1v) is 8.06. The molecule has 0 bridgehead atoms. The third-order valence-corrected chi connectivity index (χ3v) is 3.70. The van der Waals surface area contributed by atoms with E-state index in [1.54, 1.807) is 24.3 Å². The van der Waals surface area contributed by atoms with Gasteiger partial charge in [0.2, 0.25) is 11.8 Å². The molecule has 2 amide bonds. The van der Waals surface area contributed by atoms with E-state index < -0.39 is 23.8 Å². The molecule has 0 saturated heterocycles. The lowest BCUT2D eigenvalue weighted by Gasteiger charge is -2.14. The number of carbonyl (C=O) groups excluding carboxylic acids is 2. The lowest BCUT2D eigenvalue weighted by atomic mass is 10.1. The molecule has 0 saturated carbocycles. The Hall–Kier alpha value is -3.62. The van der Waals surface area contributed by atoms with Gasteiger partial charge >= 0.3 is 11.9 Å². The molecule has 0 aromatic heterocycles. The van der Waals surface area contributed by atoms with Gasteiger partial charge in [-0.1, -0.05) is 24.3 Å². The number of phenolic OH excluding ortho intramolecular Hbond substituents is 1. The van der Waals surface area contributed by atoms with Crippen molar-refractivity contribution in [2.45, 2.75) is 25.7 Å². The lowest BCUT2D eigenvalue weighted by molar-refractivity contribution is -0.138. The van der Waals surface area contributed by atoms with E-state index >= 15 is 0 Å². The molecular weight excluding hydrogens is 356 g/mol. The van der Waals surface area contributed by atoms with Gasteiger partial charge in [0.25, 0.3) is 0 Å². The fourth-order valence-corrected chi connectivity index (χ4v) is 2.43. The maximum absolute atomic E-state index is 12.0. The molecule has 5 N–H and O–H groups in total. The largest absolute Gasteiger partial charge is 0.505 e. The first-order chi connectivity index (χ1) is 12.8. The normalized spacial score (nSPS) is 10.4. The maximum atomic E-state index is 12.0. The molecule has 142 valence electrons. The molecule has 2 rings (SSSR count). The number of fused-ring (bicyclic) bond motifs is 1. The summed E-state index contributed by atoms with van der Waals surface area (Å²) >= 11 is 0. The Morgan fingerprint density at radius 3 is 1.74 bits per heavy atom. The van der Waals surface area contributed by atoms with E-state index in [1.165, 1.54) is 6.07 Å². The zero-order chi connectivity index (χ0) is 20.0. The SMILES string of the molecule is O=C(O)CCC(=O)Nc1cc(NC(=O)CCC(=O)O)c2ccccc2c1O. The number of aliphatic carboxylic acids is 2. The average molecular weight is 374 g/mol. The quantitative estimate of drug-likeness (QED) is 0.350. The van der Waals surface area contributed by atoms with Crippen molar-refractivity contribution >= 4 is 45.9 Å². The maximum Gasteiger partial charge on any atom is 0.303 e. The summed E-state index contributed by atoms with van der Waals surface area (Å²) in [6, 6.07) is 7.94. The van der Waals surface area contributed by atoms with E-state index in [9.17, 15) is 24.3 Å². The number of amides is 2. The molecular formula is C18H18N2O7. The van der Waals surface area contributed by atoms with Crippen molar-refractivity contribution in [2.75, 3.05) is 10.6 Å². The lowest BCUT2D eigenvalue weighted by Crippen LogP contribution is -2.15. The molecule has 27 heavy (non-hydrogen) atoms. The Bertz CT molecular complexity index is 908. The van der Waals surface area contributed by atoms with Gasteiger partial charge < -0.3 is 26.0 Å².